The van der Waals surface area contributed by atoms with Gasteiger partial charge in [0.15, 0.2) is 0 Å². The zero-order valence-corrected chi connectivity index (χ0v) is 29.2. The first-order valence-corrected chi connectivity index (χ1v) is 16.7. The van der Waals surface area contributed by atoms with Gasteiger partial charge in [-0.25, -0.2) is 0 Å². The average Bonchev–Trinajstić information content (AvgIpc) is 3.65. The molecule has 11 heteroatoms. The van der Waals surface area contributed by atoms with Crippen molar-refractivity contribution in [2.75, 3.05) is 0 Å². The van der Waals surface area contributed by atoms with Crippen LogP contribution in [-0.2, 0) is 9.31 Å². The van der Waals surface area contributed by atoms with E-state index in [9.17, 15) is 0 Å². The average molecular weight is 606 g/mol. The zero-order valence-electron chi connectivity index (χ0n) is 29.2. The second kappa shape index (κ2) is 10.3. The molecule has 1 aliphatic rings. The summed E-state index contributed by atoms with van der Waals surface area (Å²) in [7, 11) is 13.1. The molecule has 0 bridgehead atoms. The fourth-order valence-electron chi connectivity index (χ4n) is 7.67. The smallest absolute Gasteiger partial charge is 0.455 e. The molecule has 0 amide bonds. The number of fused-ring (bicyclic) bond motifs is 6. The number of nitrogens with zero attached hydrogens (tertiary/aromatic N) is 1. The molecule has 224 valence electrons. The molecule has 1 aliphatic heterocycles. The van der Waals surface area contributed by atoms with Crippen LogP contribution < -0.4 is 38.2 Å². The summed E-state index contributed by atoms with van der Waals surface area (Å²) in [5.74, 6) is 0. The first kappa shape index (κ1) is 30.4. The summed E-state index contributed by atoms with van der Waals surface area (Å²) in [5.41, 5.74) is 15.6. The van der Waals surface area contributed by atoms with Gasteiger partial charge in [0.1, 0.15) is 58.2 Å². The molecule has 1 saturated heterocycles. The molecule has 0 unspecified atom stereocenters. The predicted octanol–water partition coefficient (Wildman–Crippen LogP) is -1.80. The van der Waals surface area contributed by atoms with Crippen LogP contribution in [0.5, 0.6) is 0 Å². The van der Waals surface area contributed by atoms with Crippen LogP contribution in [0.2, 0.25) is 0 Å². The van der Waals surface area contributed by atoms with Gasteiger partial charge in [-0.05, 0) is 67.7 Å². The molecule has 4 nitrogen and oxygen atoms in total. The van der Waals surface area contributed by atoms with E-state index in [-0.39, 0.29) is 0 Å². The highest BCUT2D eigenvalue weighted by molar-refractivity contribution is 6.63. The van der Waals surface area contributed by atoms with Crippen LogP contribution in [0.25, 0.3) is 60.6 Å². The number of rotatable bonds is 3. The topological polar surface area (TPSA) is 36.5 Å². The fraction of sp³-hybridized carbons (Fsp3) is 0.167. The molecule has 0 atom stereocenters. The second-order valence-corrected chi connectivity index (χ2v) is 14.7. The maximum absolute atomic E-state index is 6.79. The standard InChI is InChI=1S/C36H36B7NO3/c1-35(2)36(3,4)47-43(46-35)18-10-11-20-22-14-19(13-21(17-8-6-5-7-9-17)34(22)45-27(20)12-18)44-32-25(39)15-23(37)30(41)28(32)29-31(42)24(38)16-26(40)33(29)44/h5-16H,37-42H2,1-4H3. The van der Waals surface area contributed by atoms with Crippen LogP contribution in [-0.4, -0.2) is 70.0 Å². The van der Waals surface area contributed by atoms with Crippen molar-refractivity contribution in [3.05, 3.63) is 72.8 Å². The summed E-state index contributed by atoms with van der Waals surface area (Å²) in [6.07, 6.45) is 0. The Hall–Kier alpha value is -3.93. The van der Waals surface area contributed by atoms with Gasteiger partial charge < -0.3 is 18.3 Å². The van der Waals surface area contributed by atoms with E-state index in [0.717, 1.165) is 44.2 Å². The molecule has 0 N–H and O–H groups in total. The van der Waals surface area contributed by atoms with Gasteiger partial charge in [0.25, 0.3) is 0 Å². The first-order valence-electron chi connectivity index (χ1n) is 16.7. The molecule has 5 aromatic carbocycles. The lowest BCUT2D eigenvalue weighted by Gasteiger charge is -2.32. The van der Waals surface area contributed by atoms with Gasteiger partial charge in [0, 0.05) is 33.1 Å². The van der Waals surface area contributed by atoms with Crippen LogP contribution in [0.15, 0.2) is 77.2 Å². The Morgan fingerprint density at radius 3 is 1.77 bits per heavy atom. The minimum Gasteiger partial charge on any atom is -0.455 e. The van der Waals surface area contributed by atoms with Crippen LogP contribution in [0.1, 0.15) is 27.7 Å². The third-order valence-corrected chi connectivity index (χ3v) is 11.2. The Kier molecular flexibility index (Phi) is 6.66. The van der Waals surface area contributed by atoms with E-state index < -0.39 is 18.3 Å². The van der Waals surface area contributed by atoms with E-state index in [1.54, 1.807) is 0 Å². The monoisotopic (exact) mass is 607 g/mol. The van der Waals surface area contributed by atoms with Crippen molar-refractivity contribution in [3.8, 4) is 16.8 Å². The van der Waals surface area contributed by atoms with Gasteiger partial charge >= 0.3 is 7.12 Å². The summed E-state index contributed by atoms with van der Waals surface area (Å²) in [6.45, 7) is 8.35. The third-order valence-electron chi connectivity index (χ3n) is 11.2. The van der Waals surface area contributed by atoms with Crippen LogP contribution in [0, 0.1) is 0 Å². The maximum Gasteiger partial charge on any atom is 0.494 e. The zero-order chi connectivity index (χ0) is 33.2. The largest absolute Gasteiger partial charge is 0.494 e. The predicted molar refractivity (Wildman–Crippen MR) is 218 cm³/mol. The van der Waals surface area contributed by atoms with Crippen LogP contribution >= 0.6 is 0 Å². The minimum absolute atomic E-state index is 0.414. The molecule has 0 saturated carbocycles. The minimum atomic E-state index is -0.455. The van der Waals surface area contributed by atoms with Gasteiger partial charge in [-0.3, -0.25) is 0 Å². The summed E-state index contributed by atoms with van der Waals surface area (Å²) < 4.78 is 22.1. The van der Waals surface area contributed by atoms with Crippen molar-refractivity contribution >= 4 is 136 Å². The number of furan rings is 1. The van der Waals surface area contributed by atoms with E-state index in [0.29, 0.717) is 0 Å². The Bertz CT molecular complexity index is 2360. The van der Waals surface area contributed by atoms with E-state index in [2.05, 4.69) is 152 Å². The summed E-state index contributed by atoms with van der Waals surface area (Å²) >= 11 is 0. The van der Waals surface area contributed by atoms with E-state index in [1.807, 2.05) is 0 Å². The highest BCUT2D eigenvalue weighted by Gasteiger charge is 2.51. The molecular weight excluding hydrogens is 570 g/mol. The number of hydrogen-bond acceptors (Lipinski definition) is 3. The van der Waals surface area contributed by atoms with E-state index in [4.69, 9.17) is 13.7 Å². The maximum atomic E-state index is 6.79. The van der Waals surface area contributed by atoms with Crippen molar-refractivity contribution in [2.45, 2.75) is 38.9 Å². The first-order chi connectivity index (χ1) is 22.3. The van der Waals surface area contributed by atoms with Gasteiger partial charge in [0.2, 0.25) is 0 Å². The Morgan fingerprint density at radius 2 is 1.19 bits per heavy atom. The van der Waals surface area contributed by atoms with Crippen molar-refractivity contribution in [2.24, 2.45) is 0 Å². The Morgan fingerprint density at radius 1 is 0.617 bits per heavy atom. The Balaban J connectivity index is 1.46. The molecule has 0 aliphatic carbocycles. The number of hydrogen-bond donors (Lipinski definition) is 0. The quantitative estimate of drug-likeness (QED) is 0.223. The van der Waals surface area contributed by atoms with Gasteiger partial charge in [0.05, 0.1) is 11.2 Å². The molecular formula is C36H36B7NO3. The van der Waals surface area contributed by atoms with Gasteiger partial charge in [-0.1, -0.05) is 87.4 Å². The van der Waals surface area contributed by atoms with Crippen LogP contribution in [0.3, 0.4) is 0 Å². The molecule has 47 heavy (non-hydrogen) atoms. The SMILES string of the molecule is Bc1cc(B)c2c(c1B)c1c(B)c(B)cc(B)c1n2-c1cc(-c2ccccc2)c2oc3cc(B4OC(C)(C)C(C)(C)O4)ccc3c2c1. The summed E-state index contributed by atoms with van der Waals surface area (Å²) in [4.78, 5) is 0. The number of aromatic nitrogens is 1. The highest BCUT2D eigenvalue weighted by Crippen LogP contribution is 2.40. The lowest BCUT2D eigenvalue weighted by molar-refractivity contribution is 0.00578. The lowest BCUT2D eigenvalue weighted by Crippen LogP contribution is -2.41. The normalized spacial score (nSPS) is 15.9. The van der Waals surface area contributed by atoms with Gasteiger partial charge in [-0.2, -0.15) is 0 Å². The van der Waals surface area contributed by atoms with Crippen molar-refractivity contribution in [1.29, 1.82) is 0 Å². The molecule has 3 heterocycles. The molecule has 8 rings (SSSR count). The third kappa shape index (κ3) is 4.39. The lowest BCUT2D eigenvalue weighted by atomic mass is 9.71. The van der Waals surface area contributed by atoms with Crippen molar-refractivity contribution in [3.63, 3.8) is 0 Å². The second-order valence-electron chi connectivity index (χ2n) is 14.7. The molecule has 2 aromatic heterocycles. The highest BCUT2D eigenvalue weighted by atomic mass is 16.7. The summed E-state index contributed by atoms with van der Waals surface area (Å²) in [6, 6.07) is 26.3. The molecule has 7 aromatic rings. The molecule has 0 radical (unpaired) electrons. The number of benzene rings is 5. The van der Waals surface area contributed by atoms with Crippen LogP contribution in [0.4, 0.5) is 0 Å². The Labute approximate surface area is 282 Å². The summed E-state index contributed by atoms with van der Waals surface area (Å²) in [5, 5.41) is 4.88. The molecule has 1 fully saturated rings. The van der Waals surface area contributed by atoms with E-state index >= 15 is 0 Å². The van der Waals surface area contributed by atoms with Crippen molar-refractivity contribution in [1.82, 2.24) is 4.57 Å². The van der Waals surface area contributed by atoms with Crippen molar-refractivity contribution < 1.29 is 13.7 Å². The van der Waals surface area contributed by atoms with E-state index in [1.165, 1.54) is 54.6 Å². The fourth-order valence-corrected chi connectivity index (χ4v) is 7.67. The van der Waals surface area contributed by atoms with Gasteiger partial charge in [-0.15, -0.1) is 0 Å². The molecule has 0 spiro atoms.